The van der Waals surface area contributed by atoms with E-state index in [0.29, 0.717) is 6.42 Å². The Balaban J connectivity index is 5.48. The van der Waals surface area contributed by atoms with Gasteiger partial charge in [0.2, 0.25) is 17.7 Å². The Kier molecular flexibility index (Phi) is 12.5. The lowest BCUT2D eigenvalue weighted by Gasteiger charge is -2.27. The van der Waals surface area contributed by atoms with Crippen LogP contribution in [0.3, 0.4) is 0 Å². The summed E-state index contributed by atoms with van der Waals surface area (Å²) in [5.41, 5.74) is 5.86. The van der Waals surface area contributed by atoms with Crippen LogP contribution in [0.25, 0.3) is 0 Å². The van der Waals surface area contributed by atoms with Crippen molar-refractivity contribution in [3.05, 3.63) is 0 Å². The van der Waals surface area contributed by atoms with Gasteiger partial charge in [-0.2, -0.15) is 0 Å². The van der Waals surface area contributed by atoms with Gasteiger partial charge < -0.3 is 37.0 Å². The van der Waals surface area contributed by atoms with Gasteiger partial charge in [-0.15, -0.1) is 0 Å². The molecule has 0 spiro atoms. The fraction of sp³-hybridized carbons (Fsp3) is 0.750. The Labute approximate surface area is 187 Å². The number of aliphatic hydroxyl groups excluding tert-OH is 1. The predicted octanol–water partition coefficient (Wildman–Crippen LogP) is -1.20. The molecule has 32 heavy (non-hydrogen) atoms. The molecule has 0 radical (unpaired) electrons. The minimum atomic E-state index is -1.65. The minimum Gasteiger partial charge on any atom is -0.481 e. The molecule has 3 amide bonds. The number of rotatable bonds is 14. The van der Waals surface area contributed by atoms with Gasteiger partial charge in [0, 0.05) is 6.42 Å². The van der Waals surface area contributed by atoms with E-state index in [1.165, 1.54) is 0 Å². The van der Waals surface area contributed by atoms with Gasteiger partial charge in [0.25, 0.3) is 0 Å². The highest BCUT2D eigenvalue weighted by molar-refractivity contribution is 5.94. The van der Waals surface area contributed by atoms with Gasteiger partial charge in [0.05, 0.1) is 12.1 Å². The third-order valence-electron chi connectivity index (χ3n) is 4.64. The zero-order valence-electron chi connectivity index (χ0n) is 19.1. The lowest BCUT2D eigenvalue weighted by molar-refractivity contribution is -0.145. The van der Waals surface area contributed by atoms with Crippen LogP contribution < -0.4 is 21.7 Å². The van der Waals surface area contributed by atoms with E-state index in [1.807, 2.05) is 13.8 Å². The number of carboxylic acids is 2. The molecule has 0 saturated carbocycles. The van der Waals surface area contributed by atoms with Crippen LogP contribution in [0.4, 0.5) is 0 Å². The number of carboxylic acid groups (broad SMARTS) is 2. The summed E-state index contributed by atoms with van der Waals surface area (Å²) in [5, 5.41) is 34.6. The van der Waals surface area contributed by atoms with Crippen molar-refractivity contribution in [1.29, 1.82) is 0 Å². The van der Waals surface area contributed by atoms with E-state index in [1.54, 1.807) is 13.8 Å². The molecular formula is C20H36N4O8. The smallest absolute Gasteiger partial charge is 0.328 e. The predicted molar refractivity (Wildman–Crippen MR) is 114 cm³/mol. The molecule has 12 nitrogen and oxygen atoms in total. The third-order valence-corrected chi connectivity index (χ3v) is 4.64. The topological polar surface area (TPSA) is 208 Å². The summed E-state index contributed by atoms with van der Waals surface area (Å²) in [4.78, 5) is 59.9. The van der Waals surface area contributed by atoms with Gasteiger partial charge in [0.1, 0.15) is 12.1 Å². The maximum absolute atomic E-state index is 12.8. The molecule has 12 heteroatoms. The van der Waals surface area contributed by atoms with E-state index in [0.717, 1.165) is 6.92 Å². The van der Waals surface area contributed by atoms with Crippen LogP contribution in [0.1, 0.15) is 53.9 Å². The number of nitrogens with two attached hydrogens (primary N) is 1. The average Bonchev–Trinajstić information content (AvgIpc) is 2.65. The zero-order chi connectivity index (χ0) is 25.2. The number of carbonyl (C=O) groups is 5. The van der Waals surface area contributed by atoms with E-state index < -0.39 is 72.3 Å². The molecule has 0 bridgehead atoms. The second-order valence-corrected chi connectivity index (χ2v) is 8.53. The standard InChI is InChI=1S/C20H36N4O8/c1-9(2)8-12(21)17(28)23-15(10(3)4)19(30)22-13(6-7-14(26)27)18(29)24-16(11(5)25)20(31)32/h9-13,15-16,25H,6-8,21H2,1-5H3,(H,22,30)(H,23,28)(H,24,29)(H,26,27)(H,31,32). The number of hydrogen-bond acceptors (Lipinski definition) is 7. The molecule has 184 valence electrons. The minimum absolute atomic E-state index is 0.155. The van der Waals surface area contributed by atoms with Crippen molar-refractivity contribution in [2.24, 2.45) is 17.6 Å². The maximum atomic E-state index is 12.8. The summed E-state index contributed by atoms with van der Waals surface area (Å²) in [7, 11) is 0. The average molecular weight is 461 g/mol. The van der Waals surface area contributed by atoms with E-state index >= 15 is 0 Å². The molecule has 0 aliphatic carbocycles. The highest BCUT2D eigenvalue weighted by Gasteiger charge is 2.33. The number of aliphatic hydroxyl groups is 1. The fourth-order valence-electron chi connectivity index (χ4n) is 2.85. The number of carbonyl (C=O) groups excluding carboxylic acids is 3. The lowest BCUT2D eigenvalue weighted by atomic mass is 9.99. The number of amides is 3. The first-order valence-electron chi connectivity index (χ1n) is 10.5. The number of hydrogen-bond donors (Lipinski definition) is 7. The van der Waals surface area contributed by atoms with Crippen molar-refractivity contribution in [3.63, 3.8) is 0 Å². The SMILES string of the molecule is CC(C)CC(N)C(=O)NC(C(=O)NC(CCC(=O)O)C(=O)NC(C(=O)O)C(C)O)C(C)C. The summed E-state index contributed by atoms with van der Waals surface area (Å²) < 4.78 is 0. The van der Waals surface area contributed by atoms with Crippen LogP contribution in [0.5, 0.6) is 0 Å². The van der Waals surface area contributed by atoms with Crippen molar-refractivity contribution in [2.75, 3.05) is 0 Å². The first-order chi connectivity index (χ1) is 14.7. The number of nitrogens with one attached hydrogen (secondary N) is 3. The van der Waals surface area contributed by atoms with Gasteiger partial charge in [0.15, 0.2) is 6.04 Å². The lowest BCUT2D eigenvalue weighted by Crippen LogP contribution is -2.59. The van der Waals surface area contributed by atoms with Crippen molar-refractivity contribution >= 4 is 29.7 Å². The van der Waals surface area contributed by atoms with Crippen molar-refractivity contribution in [2.45, 2.75) is 84.2 Å². The Hall–Kier alpha value is -2.73. The van der Waals surface area contributed by atoms with Crippen LogP contribution in [0.2, 0.25) is 0 Å². The van der Waals surface area contributed by atoms with Crippen LogP contribution in [0.15, 0.2) is 0 Å². The van der Waals surface area contributed by atoms with E-state index in [9.17, 15) is 29.1 Å². The molecule has 0 aliphatic rings. The molecular weight excluding hydrogens is 424 g/mol. The first kappa shape index (κ1) is 29.3. The van der Waals surface area contributed by atoms with Crippen molar-refractivity contribution in [3.8, 4) is 0 Å². The molecule has 0 aromatic carbocycles. The van der Waals surface area contributed by atoms with Gasteiger partial charge >= 0.3 is 11.9 Å². The Morgan fingerprint density at radius 3 is 1.75 bits per heavy atom. The van der Waals surface area contributed by atoms with Crippen molar-refractivity contribution < 1.29 is 39.3 Å². The number of aliphatic carboxylic acids is 2. The molecule has 0 fully saturated rings. The molecule has 0 aliphatic heterocycles. The quantitative estimate of drug-likeness (QED) is 0.166. The van der Waals surface area contributed by atoms with Crippen LogP contribution >= 0.6 is 0 Å². The van der Waals surface area contributed by atoms with Gasteiger partial charge in [-0.25, -0.2) is 4.79 Å². The second kappa shape index (κ2) is 13.6. The Morgan fingerprint density at radius 1 is 0.812 bits per heavy atom. The van der Waals surface area contributed by atoms with Gasteiger partial charge in [-0.3, -0.25) is 19.2 Å². The molecule has 0 saturated heterocycles. The van der Waals surface area contributed by atoms with Crippen LogP contribution in [0, 0.1) is 11.8 Å². The van der Waals surface area contributed by atoms with E-state index in [2.05, 4.69) is 16.0 Å². The highest BCUT2D eigenvalue weighted by atomic mass is 16.4. The fourth-order valence-corrected chi connectivity index (χ4v) is 2.85. The second-order valence-electron chi connectivity index (χ2n) is 8.53. The summed E-state index contributed by atoms with van der Waals surface area (Å²) >= 11 is 0. The monoisotopic (exact) mass is 460 g/mol. The van der Waals surface area contributed by atoms with E-state index in [4.69, 9.17) is 15.9 Å². The van der Waals surface area contributed by atoms with Gasteiger partial charge in [-0.1, -0.05) is 27.7 Å². The Bertz CT molecular complexity index is 681. The highest BCUT2D eigenvalue weighted by Crippen LogP contribution is 2.08. The van der Waals surface area contributed by atoms with Crippen molar-refractivity contribution in [1.82, 2.24) is 16.0 Å². The van der Waals surface area contributed by atoms with Crippen LogP contribution in [-0.2, 0) is 24.0 Å². The Morgan fingerprint density at radius 2 is 1.34 bits per heavy atom. The van der Waals surface area contributed by atoms with Crippen LogP contribution in [-0.4, -0.2) is 75.3 Å². The summed E-state index contributed by atoms with van der Waals surface area (Å²) in [6.07, 6.45) is -1.84. The molecule has 0 heterocycles. The normalized spacial score (nSPS) is 15.9. The molecule has 5 atom stereocenters. The summed E-state index contributed by atoms with van der Waals surface area (Å²) in [6, 6.07) is -4.95. The van der Waals surface area contributed by atoms with Gasteiger partial charge in [-0.05, 0) is 31.6 Å². The molecule has 0 rings (SSSR count). The van der Waals surface area contributed by atoms with E-state index in [-0.39, 0.29) is 12.3 Å². The molecule has 5 unspecified atom stereocenters. The largest absolute Gasteiger partial charge is 0.481 e. The zero-order valence-corrected chi connectivity index (χ0v) is 19.1. The molecule has 8 N–H and O–H groups in total. The first-order valence-corrected chi connectivity index (χ1v) is 10.5. The maximum Gasteiger partial charge on any atom is 0.328 e. The molecule has 0 aromatic rings. The molecule has 0 aromatic heterocycles. The summed E-state index contributed by atoms with van der Waals surface area (Å²) in [5.74, 6) is -5.23. The third kappa shape index (κ3) is 10.5. The summed E-state index contributed by atoms with van der Waals surface area (Å²) in [6.45, 7) is 8.28.